The van der Waals surface area contributed by atoms with Crippen LogP contribution in [0.5, 0.6) is 5.75 Å². The maximum Gasteiger partial charge on any atom is 0.261 e. The number of carbonyl (C=O) groups excluding carboxylic acids is 2. The van der Waals surface area contributed by atoms with Gasteiger partial charge in [-0.15, -0.1) is 0 Å². The highest BCUT2D eigenvalue weighted by atomic mass is 35.5. The first-order valence-corrected chi connectivity index (χ1v) is 13.1. The van der Waals surface area contributed by atoms with Gasteiger partial charge in [0, 0.05) is 24.0 Å². The number of ether oxygens (including phenoxy) is 1. The number of halogens is 1. The summed E-state index contributed by atoms with van der Waals surface area (Å²) >= 11 is 6.25. The van der Waals surface area contributed by atoms with E-state index < -0.39 is 6.04 Å². The Morgan fingerprint density at radius 1 is 0.973 bits per heavy atom. The summed E-state index contributed by atoms with van der Waals surface area (Å²) in [5.74, 6) is 0.229. The number of hydrogen-bond donors (Lipinski definition) is 1. The van der Waals surface area contributed by atoms with Crippen molar-refractivity contribution in [3.63, 3.8) is 0 Å². The van der Waals surface area contributed by atoms with Crippen molar-refractivity contribution in [2.75, 3.05) is 6.61 Å². The van der Waals surface area contributed by atoms with Gasteiger partial charge in [-0.1, -0.05) is 67.1 Å². The van der Waals surface area contributed by atoms with Gasteiger partial charge < -0.3 is 15.0 Å². The van der Waals surface area contributed by atoms with E-state index in [0.717, 1.165) is 34.2 Å². The SMILES string of the molecule is CC[C@@H](C)NC(=O)[C@H](Cc1ccccc1)N(Cc1cccc(Cl)c1)C(=O)COc1cc(C)cc(C)c1C. The Bertz CT molecular complexity index is 1210. The molecule has 6 heteroatoms. The predicted molar refractivity (Wildman–Crippen MR) is 150 cm³/mol. The lowest BCUT2D eigenvalue weighted by atomic mass is 10.0. The first kappa shape index (κ1) is 28.3. The summed E-state index contributed by atoms with van der Waals surface area (Å²) in [6.45, 7) is 10.1. The zero-order valence-corrected chi connectivity index (χ0v) is 23.1. The Balaban J connectivity index is 1.95. The minimum absolute atomic E-state index is 0.0111. The van der Waals surface area contributed by atoms with Crippen LogP contribution in [0.2, 0.25) is 5.02 Å². The number of nitrogens with one attached hydrogen (secondary N) is 1. The Labute approximate surface area is 225 Å². The first-order valence-electron chi connectivity index (χ1n) is 12.8. The molecular weight excluding hydrogens is 484 g/mol. The second-order valence-corrected chi connectivity index (χ2v) is 10.1. The number of hydrogen-bond acceptors (Lipinski definition) is 3. The number of benzene rings is 3. The molecule has 0 heterocycles. The maximum atomic E-state index is 13.8. The van der Waals surface area contributed by atoms with Crippen molar-refractivity contribution in [1.82, 2.24) is 10.2 Å². The van der Waals surface area contributed by atoms with Gasteiger partial charge in [0.05, 0.1) is 0 Å². The lowest BCUT2D eigenvalue weighted by molar-refractivity contribution is -0.143. The molecule has 0 bridgehead atoms. The summed E-state index contributed by atoms with van der Waals surface area (Å²) in [5.41, 5.74) is 4.99. The van der Waals surface area contributed by atoms with Crippen LogP contribution in [0.25, 0.3) is 0 Å². The Morgan fingerprint density at radius 2 is 1.68 bits per heavy atom. The molecule has 37 heavy (non-hydrogen) atoms. The maximum absolute atomic E-state index is 13.8. The number of rotatable bonds is 11. The molecule has 0 aromatic heterocycles. The summed E-state index contributed by atoms with van der Waals surface area (Å²) in [6, 6.07) is 20.4. The fourth-order valence-corrected chi connectivity index (χ4v) is 4.41. The van der Waals surface area contributed by atoms with E-state index in [4.69, 9.17) is 16.3 Å². The van der Waals surface area contributed by atoms with E-state index >= 15 is 0 Å². The van der Waals surface area contributed by atoms with Crippen molar-refractivity contribution in [3.8, 4) is 5.75 Å². The second-order valence-electron chi connectivity index (χ2n) is 9.67. The Morgan fingerprint density at radius 3 is 2.35 bits per heavy atom. The van der Waals surface area contributed by atoms with E-state index in [9.17, 15) is 9.59 Å². The molecule has 0 saturated heterocycles. The van der Waals surface area contributed by atoms with E-state index in [-0.39, 0.29) is 31.0 Å². The molecule has 5 nitrogen and oxygen atoms in total. The number of aryl methyl sites for hydroxylation is 2. The number of nitrogens with zero attached hydrogens (tertiary/aromatic N) is 1. The molecule has 0 unspecified atom stereocenters. The second kappa shape index (κ2) is 13.3. The van der Waals surface area contributed by atoms with Crippen LogP contribution in [-0.2, 0) is 22.6 Å². The average molecular weight is 521 g/mol. The third-order valence-corrected chi connectivity index (χ3v) is 6.86. The topological polar surface area (TPSA) is 58.6 Å². The molecule has 0 fully saturated rings. The van der Waals surface area contributed by atoms with Crippen LogP contribution in [0.15, 0.2) is 66.7 Å². The van der Waals surface area contributed by atoms with Gasteiger partial charge >= 0.3 is 0 Å². The smallest absolute Gasteiger partial charge is 0.261 e. The number of carbonyl (C=O) groups is 2. The molecule has 1 N–H and O–H groups in total. The highest BCUT2D eigenvalue weighted by Gasteiger charge is 2.31. The molecule has 3 rings (SSSR count). The van der Waals surface area contributed by atoms with Gasteiger partial charge in [-0.3, -0.25) is 9.59 Å². The lowest BCUT2D eigenvalue weighted by Gasteiger charge is -2.32. The quantitative estimate of drug-likeness (QED) is 0.327. The van der Waals surface area contributed by atoms with Crippen LogP contribution in [0.4, 0.5) is 0 Å². The van der Waals surface area contributed by atoms with E-state index in [1.165, 1.54) is 0 Å². The third-order valence-electron chi connectivity index (χ3n) is 6.63. The molecule has 0 spiro atoms. The molecule has 3 aromatic carbocycles. The molecule has 0 saturated carbocycles. The van der Waals surface area contributed by atoms with Gasteiger partial charge in [0.1, 0.15) is 11.8 Å². The van der Waals surface area contributed by atoms with Crippen LogP contribution < -0.4 is 10.1 Å². The molecular formula is C31H37ClN2O3. The summed E-state index contributed by atoms with van der Waals surface area (Å²) in [7, 11) is 0. The van der Waals surface area contributed by atoms with Crippen molar-refractivity contribution < 1.29 is 14.3 Å². The van der Waals surface area contributed by atoms with E-state index in [0.29, 0.717) is 17.2 Å². The molecule has 0 aliphatic carbocycles. The van der Waals surface area contributed by atoms with Gasteiger partial charge in [0.15, 0.2) is 6.61 Å². The van der Waals surface area contributed by atoms with Crippen molar-refractivity contribution in [1.29, 1.82) is 0 Å². The summed E-state index contributed by atoms with van der Waals surface area (Å²) < 4.78 is 6.04. The number of amides is 2. The Hall–Kier alpha value is -3.31. The fraction of sp³-hybridized carbons (Fsp3) is 0.355. The van der Waals surface area contributed by atoms with E-state index in [1.807, 2.05) is 89.2 Å². The van der Waals surface area contributed by atoms with Gasteiger partial charge in [0.25, 0.3) is 5.91 Å². The fourth-order valence-electron chi connectivity index (χ4n) is 4.20. The average Bonchev–Trinajstić information content (AvgIpc) is 2.87. The highest BCUT2D eigenvalue weighted by Crippen LogP contribution is 2.24. The summed E-state index contributed by atoms with van der Waals surface area (Å²) in [5, 5.41) is 3.66. The molecule has 0 radical (unpaired) electrons. The van der Waals surface area contributed by atoms with Crippen molar-refractivity contribution in [2.24, 2.45) is 0 Å². The molecule has 0 aliphatic rings. The Kier molecular flexibility index (Phi) is 10.2. The molecule has 196 valence electrons. The normalized spacial score (nSPS) is 12.5. The van der Waals surface area contributed by atoms with E-state index in [1.54, 1.807) is 11.0 Å². The lowest BCUT2D eigenvalue weighted by Crippen LogP contribution is -2.53. The summed E-state index contributed by atoms with van der Waals surface area (Å²) in [6.07, 6.45) is 1.18. The zero-order chi connectivity index (χ0) is 26.9. The minimum atomic E-state index is -0.716. The highest BCUT2D eigenvalue weighted by molar-refractivity contribution is 6.30. The monoisotopic (exact) mass is 520 g/mol. The zero-order valence-electron chi connectivity index (χ0n) is 22.4. The molecule has 3 aromatic rings. The molecule has 0 aliphatic heterocycles. The van der Waals surface area contributed by atoms with Crippen LogP contribution >= 0.6 is 11.6 Å². The predicted octanol–water partition coefficient (Wildman–Crippen LogP) is 6.20. The van der Waals surface area contributed by atoms with Gasteiger partial charge in [-0.2, -0.15) is 0 Å². The van der Waals surface area contributed by atoms with Crippen LogP contribution in [0.1, 0.15) is 48.1 Å². The van der Waals surface area contributed by atoms with Crippen LogP contribution in [0, 0.1) is 20.8 Å². The van der Waals surface area contributed by atoms with Crippen molar-refractivity contribution in [3.05, 3.63) is 99.6 Å². The third kappa shape index (κ3) is 8.09. The van der Waals surface area contributed by atoms with Crippen molar-refractivity contribution >= 4 is 23.4 Å². The van der Waals surface area contributed by atoms with E-state index in [2.05, 4.69) is 11.4 Å². The molecule has 2 amide bonds. The van der Waals surface area contributed by atoms with Crippen molar-refractivity contribution in [2.45, 2.75) is 66.1 Å². The minimum Gasteiger partial charge on any atom is -0.483 e. The van der Waals surface area contributed by atoms with Gasteiger partial charge in [0.2, 0.25) is 5.91 Å². The standard InChI is InChI=1S/C31H37ClN2O3/c1-6-23(4)33-31(36)28(18-25-11-8-7-9-12-25)34(19-26-13-10-14-27(32)17-26)30(35)20-37-29-16-21(2)15-22(3)24(29)5/h7-17,23,28H,6,18-20H2,1-5H3,(H,33,36)/t23-,28+/m1/s1. The van der Waals surface area contributed by atoms with Gasteiger partial charge in [-0.25, -0.2) is 0 Å². The van der Waals surface area contributed by atoms with Gasteiger partial charge in [-0.05, 0) is 80.1 Å². The summed E-state index contributed by atoms with van der Waals surface area (Å²) in [4.78, 5) is 29.0. The molecule has 2 atom stereocenters. The first-order chi connectivity index (χ1) is 17.7. The van der Waals surface area contributed by atoms with Crippen LogP contribution in [-0.4, -0.2) is 35.4 Å². The van der Waals surface area contributed by atoms with Crippen LogP contribution in [0.3, 0.4) is 0 Å². The largest absolute Gasteiger partial charge is 0.483 e.